The van der Waals surface area contributed by atoms with Crippen molar-refractivity contribution < 1.29 is 18.0 Å². The predicted molar refractivity (Wildman–Crippen MR) is 133 cm³/mol. The molecule has 11 heteroatoms. The summed E-state index contributed by atoms with van der Waals surface area (Å²) in [5.74, 6) is 0.167. The Labute approximate surface area is 212 Å². The largest absolute Gasteiger partial charge is 0.390 e. The van der Waals surface area contributed by atoms with E-state index >= 15 is 0 Å². The number of nitrogens with one attached hydrogen (secondary N) is 1. The van der Waals surface area contributed by atoms with Gasteiger partial charge in [-0.3, -0.25) is 4.79 Å². The minimum absolute atomic E-state index is 0.295. The van der Waals surface area contributed by atoms with Crippen molar-refractivity contribution in [3.8, 4) is 17.2 Å². The first kappa shape index (κ1) is 24.9. The molecule has 0 aromatic carbocycles. The molecule has 0 saturated carbocycles. The van der Waals surface area contributed by atoms with Crippen molar-refractivity contribution in [3.05, 3.63) is 42.4 Å². The van der Waals surface area contributed by atoms with Crippen LogP contribution < -0.4 is 15.1 Å². The summed E-state index contributed by atoms with van der Waals surface area (Å²) in [6.07, 6.45) is 3.47. The van der Waals surface area contributed by atoms with Crippen molar-refractivity contribution in [3.63, 3.8) is 0 Å². The third-order valence-corrected chi connectivity index (χ3v) is 7.15. The normalized spacial score (nSPS) is 16.8. The molecule has 5 heterocycles. The van der Waals surface area contributed by atoms with Crippen LogP contribution in [0.15, 0.2) is 36.8 Å². The Hall–Kier alpha value is -3.81. The van der Waals surface area contributed by atoms with Crippen LogP contribution in [0.4, 0.5) is 24.7 Å². The number of fused-ring (bicyclic) bond motifs is 1. The number of nitriles is 1. The maximum absolute atomic E-state index is 12.3. The molecule has 1 amide bonds. The van der Waals surface area contributed by atoms with Gasteiger partial charge in [0, 0.05) is 56.0 Å². The van der Waals surface area contributed by atoms with E-state index in [0.29, 0.717) is 31.5 Å². The number of piperidine rings is 1. The van der Waals surface area contributed by atoms with Crippen LogP contribution in [0.2, 0.25) is 0 Å². The number of rotatable bonds is 6. The minimum Gasteiger partial charge on any atom is -0.370 e. The van der Waals surface area contributed by atoms with E-state index in [-0.39, 0.29) is 18.4 Å². The van der Waals surface area contributed by atoms with Gasteiger partial charge in [0.2, 0.25) is 5.91 Å². The van der Waals surface area contributed by atoms with E-state index in [1.54, 1.807) is 16.9 Å². The minimum atomic E-state index is -4.27. The highest BCUT2D eigenvalue weighted by atomic mass is 19.4. The van der Waals surface area contributed by atoms with Gasteiger partial charge in [-0.25, -0.2) is 9.50 Å². The highest BCUT2D eigenvalue weighted by Crippen LogP contribution is 2.33. The number of pyridine rings is 2. The van der Waals surface area contributed by atoms with Crippen molar-refractivity contribution in [2.45, 2.75) is 38.3 Å². The number of alkyl halides is 3. The van der Waals surface area contributed by atoms with Crippen molar-refractivity contribution in [2.24, 2.45) is 5.92 Å². The predicted octanol–water partition coefficient (Wildman–Crippen LogP) is 4.15. The molecule has 0 atom stereocenters. The first-order valence-corrected chi connectivity index (χ1v) is 12.5. The van der Waals surface area contributed by atoms with Crippen LogP contribution in [0, 0.1) is 17.2 Å². The van der Waals surface area contributed by atoms with Crippen LogP contribution in [0.5, 0.6) is 0 Å². The Morgan fingerprint density at radius 1 is 1.11 bits per heavy atom. The maximum atomic E-state index is 12.3. The first-order chi connectivity index (χ1) is 17.8. The van der Waals surface area contributed by atoms with Crippen molar-refractivity contribution >= 4 is 22.9 Å². The Balaban J connectivity index is 1.29. The van der Waals surface area contributed by atoms with E-state index in [1.165, 1.54) is 0 Å². The lowest BCUT2D eigenvalue weighted by atomic mass is 9.96. The number of halogens is 3. The van der Waals surface area contributed by atoms with Crippen molar-refractivity contribution in [2.75, 3.05) is 42.5 Å². The van der Waals surface area contributed by atoms with Crippen LogP contribution in [0.3, 0.4) is 0 Å². The number of aromatic nitrogens is 3. The number of hydrogen-bond acceptors (Lipinski definition) is 6. The fourth-order valence-electron chi connectivity index (χ4n) is 5.13. The molecule has 0 aliphatic carbocycles. The van der Waals surface area contributed by atoms with Gasteiger partial charge >= 0.3 is 6.18 Å². The fraction of sp³-hybridized carbons (Fsp3) is 0.462. The number of carbonyl (C=O) groups is 1. The van der Waals surface area contributed by atoms with E-state index in [0.717, 1.165) is 54.1 Å². The smallest absolute Gasteiger partial charge is 0.370 e. The first-order valence-electron chi connectivity index (χ1n) is 12.5. The highest BCUT2D eigenvalue weighted by molar-refractivity contribution is 5.86. The maximum Gasteiger partial charge on any atom is 0.390 e. The van der Waals surface area contributed by atoms with Gasteiger partial charge in [0.05, 0.1) is 35.6 Å². The molecule has 2 fully saturated rings. The lowest BCUT2D eigenvalue weighted by Gasteiger charge is -2.32. The standard InChI is InChI=1S/C26H28F3N7O/c27-26(28,29)7-8-31-25(37)18-5-11-35(12-6-18)23-4-3-19(15-32-23)22-13-21(34-9-1-2-10-34)17-36-24(22)20(14-30)16-33-36/h3-4,13,15-18H,1-2,5-12H2,(H,31,37). The summed E-state index contributed by atoms with van der Waals surface area (Å²) in [5, 5.41) is 16.4. The molecule has 8 nitrogen and oxygen atoms in total. The topological polar surface area (TPSA) is 89.6 Å². The van der Waals surface area contributed by atoms with Gasteiger partial charge in [0.25, 0.3) is 0 Å². The Morgan fingerprint density at radius 3 is 2.51 bits per heavy atom. The summed E-state index contributed by atoms with van der Waals surface area (Å²) < 4.78 is 38.7. The molecular weight excluding hydrogens is 483 g/mol. The molecule has 2 aliphatic rings. The molecule has 3 aromatic heterocycles. The molecule has 3 aromatic rings. The monoisotopic (exact) mass is 511 g/mol. The molecule has 0 bridgehead atoms. The zero-order chi connectivity index (χ0) is 26.0. The zero-order valence-corrected chi connectivity index (χ0v) is 20.3. The van der Waals surface area contributed by atoms with Gasteiger partial charge < -0.3 is 15.1 Å². The molecular formula is C26H28F3N7O. The molecule has 0 unspecified atom stereocenters. The van der Waals surface area contributed by atoms with Crippen molar-refractivity contribution in [1.82, 2.24) is 19.9 Å². The van der Waals surface area contributed by atoms with E-state index in [4.69, 9.17) is 0 Å². The van der Waals surface area contributed by atoms with E-state index in [1.807, 2.05) is 18.3 Å². The van der Waals surface area contributed by atoms with E-state index in [9.17, 15) is 23.2 Å². The number of nitrogens with zero attached hydrogens (tertiary/aromatic N) is 6. The van der Waals surface area contributed by atoms with Crippen molar-refractivity contribution in [1.29, 1.82) is 5.26 Å². The second kappa shape index (κ2) is 10.3. The van der Waals surface area contributed by atoms with Crippen LogP contribution in [0.25, 0.3) is 16.6 Å². The molecule has 194 valence electrons. The summed E-state index contributed by atoms with van der Waals surface area (Å²) in [7, 11) is 0. The van der Waals surface area contributed by atoms with Gasteiger partial charge in [-0.2, -0.15) is 23.5 Å². The van der Waals surface area contributed by atoms with Crippen LogP contribution >= 0.6 is 0 Å². The third-order valence-electron chi connectivity index (χ3n) is 7.15. The molecule has 1 N–H and O–H groups in total. The van der Waals surface area contributed by atoms with Crippen LogP contribution in [-0.2, 0) is 4.79 Å². The van der Waals surface area contributed by atoms with Gasteiger partial charge in [-0.15, -0.1) is 0 Å². The summed E-state index contributed by atoms with van der Waals surface area (Å²) >= 11 is 0. The third kappa shape index (κ3) is 5.48. The highest BCUT2D eigenvalue weighted by Gasteiger charge is 2.29. The van der Waals surface area contributed by atoms with Crippen LogP contribution in [-0.4, -0.2) is 59.4 Å². The quantitative estimate of drug-likeness (QED) is 0.535. The molecule has 37 heavy (non-hydrogen) atoms. The lowest BCUT2D eigenvalue weighted by molar-refractivity contribution is -0.136. The SMILES string of the molecule is N#Cc1cnn2cc(N3CCCC3)cc(-c3ccc(N4CCC(C(=O)NCCC(F)(F)F)CC4)nc3)c12. The Kier molecular flexibility index (Phi) is 6.91. The lowest BCUT2D eigenvalue weighted by Crippen LogP contribution is -2.41. The Morgan fingerprint density at radius 2 is 1.86 bits per heavy atom. The molecule has 0 spiro atoms. The molecule has 2 saturated heterocycles. The molecule has 5 rings (SSSR count). The second-order valence-corrected chi connectivity index (χ2v) is 9.59. The van der Waals surface area contributed by atoms with E-state index in [2.05, 4.69) is 37.3 Å². The van der Waals surface area contributed by atoms with Gasteiger partial charge in [0.15, 0.2) is 0 Å². The van der Waals surface area contributed by atoms with E-state index < -0.39 is 12.6 Å². The molecule has 0 radical (unpaired) electrons. The number of carbonyl (C=O) groups excluding carboxylic acids is 1. The zero-order valence-electron chi connectivity index (χ0n) is 20.3. The number of amides is 1. The molecule has 2 aliphatic heterocycles. The summed E-state index contributed by atoms with van der Waals surface area (Å²) in [6.45, 7) is 2.79. The number of hydrogen-bond donors (Lipinski definition) is 1. The number of anilines is 2. The average Bonchev–Trinajstić information content (AvgIpc) is 3.58. The van der Waals surface area contributed by atoms with Gasteiger partial charge in [-0.05, 0) is 43.9 Å². The average molecular weight is 512 g/mol. The van der Waals surface area contributed by atoms with Gasteiger partial charge in [-0.1, -0.05) is 0 Å². The fourth-order valence-corrected chi connectivity index (χ4v) is 5.13. The summed E-state index contributed by atoms with van der Waals surface area (Å²) in [5.41, 5.74) is 4.09. The Bertz CT molecular complexity index is 1300. The second-order valence-electron chi connectivity index (χ2n) is 9.59. The summed E-state index contributed by atoms with van der Waals surface area (Å²) in [4.78, 5) is 21.3. The van der Waals surface area contributed by atoms with Gasteiger partial charge in [0.1, 0.15) is 11.9 Å². The van der Waals surface area contributed by atoms with Crippen LogP contribution in [0.1, 0.15) is 37.7 Å². The summed E-state index contributed by atoms with van der Waals surface area (Å²) in [6, 6.07) is 8.24.